The van der Waals surface area contributed by atoms with Gasteiger partial charge in [-0.1, -0.05) is 18.2 Å². The van der Waals surface area contributed by atoms with E-state index in [4.69, 9.17) is 10.5 Å². The zero-order valence-corrected chi connectivity index (χ0v) is 14.1. The molecule has 1 aromatic carbocycles. The predicted octanol–water partition coefficient (Wildman–Crippen LogP) is -0.542. The van der Waals surface area contributed by atoms with Gasteiger partial charge in [-0.15, -0.1) is 0 Å². The molecule has 1 saturated heterocycles. The number of carbonyl (C=O) groups excluding carboxylic acids is 1. The van der Waals surface area contributed by atoms with Crippen LogP contribution in [0.25, 0.3) is 11.2 Å². The maximum atomic E-state index is 12.6. The standard InChI is InChI=1S/C17H18N6O4/c18-14-12-15(20-7-19-14)23(8-21-12)17-11(13(25)10(6-24)27-17)22-16(26)9-4-2-1-3-5-9/h1-5,7-8,10-11,13,17,24-25H,6H2,(H,22,26)(H2,18,19,20)/t10-,11?,13+,17-/m1/s1. The average molecular weight is 370 g/mol. The maximum Gasteiger partial charge on any atom is 0.251 e. The van der Waals surface area contributed by atoms with Crippen LogP contribution in [0.3, 0.4) is 0 Å². The fourth-order valence-electron chi connectivity index (χ4n) is 3.17. The van der Waals surface area contributed by atoms with E-state index in [0.717, 1.165) is 0 Å². The summed E-state index contributed by atoms with van der Waals surface area (Å²) in [6.07, 6.45) is -0.0716. The molecule has 3 heterocycles. The van der Waals surface area contributed by atoms with Gasteiger partial charge in [0, 0.05) is 5.56 Å². The van der Waals surface area contributed by atoms with Gasteiger partial charge in [-0.25, -0.2) is 15.0 Å². The summed E-state index contributed by atoms with van der Waals surface area (Å²) in [4.78, 5) is 24.8. The summed E-state index contributed by atoms with van der Waals surface area (Å²) >= 11 is 0. The monoisotopic (exact) mass is 370 g/mol. The number of benzene rings is 1. The van der Waals surface area contributed by atoms with Crippen LogP contribution in [0.5, 0.6) is 0 Å². The molecule has 4 rings (SSSR count). The quantitative estimate of drug-likeness (QED) is 0.478. The molecule has 0 saturated carbocycles. The van der Waals surface area contributed by atoms with E-state index in [1.165, 1.54) is 12.7 Å². The first-order valence-corrected chi connectivity index (χ1v) is 8.33. The first-order valence-electron chi connectivity index (χ1n) is 8.33. The highest BCUT2D eigenvalue weighted by Crippen LogP contribution is 2.32. The van der Waals surface area contributed by atoms with Crippen LogP contribution < -0.4 is 11.1 Å². The molecule has 0 bridgehead atoms. The second kappa shape index (κ2) is 6.91. The highest BCUT2D eigenvalue weighted by molar-refractivity contribution is 5.94. The van der Waals surface area contributed by atoms with Gasteiger partial charge in [-0.3, -0.25) is 9.36 Å². The SMILES string of the molecule is Nc1ncnc2c1ncn2[C@@H]1O[C@H](CO)[C@H](O)C1NC(=O)c1ccccc1. The van der Waals surface area contributed by atoms with Gasteiger partial charge in [0.15, 0.2) is 17.7 Å². The number of nitrogen functional groups attached to an aromatic ring is 1. The Hall–Kier alpha value is -3.08. The fourth-order valence-corrected chi connectivity index (χ4v) is 3.17. The normalized spacial score (nSPS) is 25.0. The lowest BCUT2D eigenvalue weighted by Gasteiger charge is -2.23. The van der Waals surface area contributed by atoms with E-state index in [9.17, 15) is 15.0 Å². The number of rotatable bonds is 4. The number of fused-ring (bicyclic) bond motifs is 1. The summed E-state index contributed by atoms with van der Waals surface area (Å²) in [5.41, 5.74) is 7.04. The van der Waals surface area contributed by atoms with Crippen molar-refractivity contribution >= 4 is 22.9 Å². The Bertz CT molecular complexity index is 962. The molecule has 3 aromatic rings. The molecule has 1 fully saturated rings. The molecule has 27 heavy (non-hydrogen) atoms. The Balaban J connectivity index is 1.69. The van der Waals surface area contributed by atoms with Crippen molar-refractivity contribution in [2.45, 2.75) is 24.5 Å². The van der Waals surface area contributed by atoms with Crippen LogP contribution in [0.1, 0.15) is 16.6 Å². The zero-order valence-electron chi connectivity index (χ0n) is 14.1. The van der Waals surface area contributed by atoms with Crippen molar-refractivity contribution in [3.05, 3.63) is 48.5 Å². The van der Waals surface area contributed by atoms with Crippen LogP contribution in [0.2, 0.25) is 0 Å². The third-order valence-corrected chi connectivity index (χ3v) is 4.55. The molecule has 140 valence electrons. The van der Waals surface area contributed by atoms with Gasteiger partial charge in [0.25, 0.3) is 5.91 Å². The lowest BCUT2D eigenvalue weighted by molar-refractivity contribution is -0.0440. The minimum absolute atomic E-state index is 0.209. The number of hydrogen-bond acceptors (Lipinski definition) is 8. The molecule has 1 aliphatic rings. The van der Waals surface area contributed by atoms with Crippen molar-refractivity contribution in [2.75, 3.05) is 12.3 Å². The number of amides is 1. The second-order valence-electron chi connectivity index (χ2n) is 6.19. The van der Waals surface area contributed by atoms with Crippen LogP contribution in [0.15, 0.2) is 43.0 Å². The van der Waals surface area contributed by atoms with Gasteiger partial charge in [0.1, 0.15) is 30.1 Å². The molecule has 10 nitrogen and oxygen atoms in total. The number of nitrogens with two attached hydrogens (primary N) is 1. The Labute approximate surface area is 153 Å². The number of aliphatic hydroxyl groups excluding tert-OH is 2. The summed E-state index contributed by atoms with van der Waals surface area (Å²) in [5, 5.41) is 22.8. The molecular weight excluding hydrogens is 352 g/mol. The van der Waals surface area contributed by atoms with Gasteiger partial charge >= 0.3 is 0 Å². The maximum absolute atomic E-state index is 12.6. The largest absolute Gasteiger partial charge is 0.394 e. The first-order chi connectivity index (χ1) is 13.1. The van der Waals surface area contributed by atoms with Crippen molar-refractivity contribution in [3.8, 4) is 0 Å². The van der Waals surface area contributed by atoms with Crippen molar-refractivity contribution in [3.63, 3.8) is 0 Å². The number of anilines is 1. The first kappa shape index (κ1) is 17.3. The van der Waals surface area contributed by atoms with Gasteiger partial charge < -0.3 is 26.0 Å². The topological polar surface area (TPSA) is 148 Å². The molecule has 10 heteroatoms. The van der Waals surface area contributed by atoms with E-state index in [2.05, 4.69) is 20.3 Å². The van der Waals surface area contributed by atoms with E-state index in [1.54, 1.807) is 34.9 Å². The molecule has 1 aliphatic heterocycles. The second-order valence-corrected chi connectivity index (χ2v) is 6.19. The highest BCUT2D eigenvalue weighted by atomic mass is 16.5. The summed E-state index contributed by atoms with van der Waals surface area (Å²) in [7, 11) is 0. The minimum atomic E-state index is -1.12. The summed E-state index contributed by atoms with van der Waals surface area (Å²) < 4.78 is 7.33. The fraction of sp³-hybridized carbons (Fsp3) is 0.294. The van der Waals surface area contributed by atoms with Crippen LogP contribution in [-0.2, 0) is 4.74 Å². The molecule has 5 N–H and O–H groups in total. The van der Waals surface area contributed by atoms with Gasteiger partial charge in [0.2, 0.25) is 0 Å². The van der Waals surface area contributed by atoms with E-state index >= 15 is 0 Å². The third-order valence-electron chi connectivity index (χ3n) is 4.55. The molecule has 1 unspecified atom stereocenters. The number of aromatic nitrogens is 4. The van der Waals surface area contributed by atoms with Gasteiger partial charge in [-0.2, -0.15) is 0 Å². The lowest BCUT2D eigenvalue weighted by atomic mass is 10.1. The number of imidazole rings is 1. The Kier molecular flexibility index (Phi) is 4.44. The predicted molar refractivity (Wildman–Crippen MR) is 94.4 cm³/mol. The number of nitrogens with one attached hydrogen (secondary N) is 1. The Morgan fingerprint density at radius 3 is 2.78 bits per heavy atom. The highest BCUT2D eigenvalue weighted by Gasteiger charge is 2.45. The Morgan fingerprint density at radius 2 is 2.04 bits per heavy atom. The van der Waals surface area contributed by atoms with E-state index in [0.29, 0.717) is 16.7 Å². The number of ether oxygens (including phenoxy) is 1. The molecule has 1 amide bonds. The summed E-state index contributed by atoms with van der Waals surface area (Å²) in [6.45, 7) is -0.404. The summed E-state index contributed by atoms with van der Waals surface area (Å²) in [5.74, 6) is -0.161. The van der Waals surface area contributed by atoms with Gasteiger partial charge in [-0.05, 0) is 12.1 Å². The van der Waals surface area contributed by atoms with Crippen LogP contribution >= 0.6 is 0 Å². The Morgan fingerprint density at radius 1 is 1.26 bits per heavy atom. The van der Waals surface area contributed by atoms with E-state index in [1.807, 2.05) is 0 Å². The number of hydrogen-bond donors (Lipinski definition) is 4. The smallest absolute Gasteiger partial charge is 0.251 e. The van der Waals surface area contributed by atoms with Crippen molar-refractivity contribution in [1.82, 2.24) is 24.8 Å². The third kappa shape index (κ3) is 2.99. The summed E-state index contributed by atoms with van der Waals surface area (Å²) in [6, 6.07) is 7.79. The van der Waals surface area contributed by atoms with E-state index < -0.39 is 31.1 Å². The average Bonchev–Trinajstić information content (AvgIpc) is 3.25. The van der Waals surface area contributed by atoms with Crippen LogP contribution in [-0.4, -0.2) is 60.5 Å². The molecule has 0 aliphatic carbocycles. The molecule has 0 radical (unpaired) electrons. The van der Waals surface area contributed by atoms with Gasteiger partial charge in [0.05, 0.1) is 12.9 Å². The number of aliphatic hydroxyl groups is 2. The van der Waals surface area contributed by atoms with Crippen molar-refractivity contribution in [2.24, 2.45) is 0 Å². The van der Waals surface area contributed by atoms with Crippen molar-refractivity contribution < 1.29 is 19.7 Å². The zero-order chi connectivity index (χ0) is 19.0. The minimum Gasteiger partial charge on any atom is -0.394 e. The number of carbonyl (C=O) groups is 1. The molecule has 2 aromatic heterocycles. The number of nitrogens with zero attached hydrogens (tertiary/aromatic N) is 4. The lowest BCUT2D eigenvalue weighted by Crippen LogP contribution is -2.46. The van der Waals surface area contributed by atoms with E-state index in [-0.39, 0.29) is 11.7 Å². The molecular formula is C17H18N6O4. The van der Waals surface area contributed by atoms with Crippen LogP contribution in [0.4, 0.5) is 5.82 Å². The van der Waals surface area contributed by atoms with Crippen molar-refractivity contribution in [1.29, 1.82) is 0 Å². The van der Waals surface area contributed by atoms with Crippen LogP contribution in [0, 0.1) is 0 Å². The molecule has 0 spiro atoms. The molecule has 4 atom stereocenters.